The Morgan fingerprint density at radius 3 is 2.71 bits per heavy atom. The molecule has 5 rings (SSSR count). The normalized spacial score (nSPS) is 13.9. The quantitative estimate of drug-likeness (QED) is 0.532. The maximum absolute atomic E-state index is 4.62. The summed E-state index contributed by atoms with van der Waals surface area (Å²) in [6, 6.07) is 21.0. The largest absolute Gasteiger partial charge is 0.663 e. The first-order valence-electron chi connectivity index (χ1n) is 7.96. The van der Waals surface area contributed by atoms with Crippen LogP contribution in [0, 0.1) is 0 Å². The zero-order chi connectivity index (χ0) is 15.9. The molecule has 0 N–H and O–H groups in total. The molecule has 2 nitrogen and oxygen atoms in total. The summed E-state index contributed by atoms with van der Waals surface area (Å²) in [4.78, 5) is 5.95. The average Bonchev–Trinajstić information content (AvgIpc) is 3.36. The van der Waals surface area contributed by atoms with Crippen molar-refractivity contribution in [3.05, 3.63) is 93.3 Å². The number of nitrogens with zero attached hydrogens (tertiary/aromatic N) is 2. The Morgan fingerprint density at radius 1 is 0.917 bits per heavy atom. The minimum atomic E-state index is 0.171. The van der Waals surface area contributed by atoms with Crippen LogP contribution in [0.25, 0.3) is 16.5 Å². The molecule has 1 aliphatic rings. The van der Waals surface area contributed by atoms with Gasteiger partial charge in [0.15, 0.2) is 0 Å². The number of para-hydroxylation sites is 2. The van der Waals surface area contributed by atoms with E-state index >= 15 is 0 Å². The lowest BCUT2D eigenvalue weighted by atomic mass is 9.89. The van der Waals surface area contributed by atoms with E-state index in [2.05, 4.69) is 63.6 Å². The molecule has 0 radical (unpaired) electrons. The Balaban J connectivity index is 1.82. The van der Waals surface area contributed by atoms with Crippen molar-refractivity contribution in [2.24, 2.45) is 0 Å². The van der Waals surface area contributed by atoms with Crippen LogP contribution in [0.2, 0.25) is 0 Å². The van der Waals surface area contributed by atoms with Crippen molar-refractivity contribution >= 4 is 34.0 Å². The fourth-order valence-electron chi connectivity index (χ4n) is 3.47. The van der Waals surface area contributed by atoms with Crippen LogP contribution in [0.3, 0.4) is 0 Å². The second kappa shape index (κ2) is 5.34. The van der Waals surface area contributed by atoms with Gasteiger partial charge in [0, 0.05) is 10.9 Å². The van der Waals surface area contributed by atoms with E-state index in [1.165, 1.54) is 26.6 Å². The van der Waals surface area contributed by atoms with Crippen molar-refractivity contribution in [1.29, 1.82) is 0 Å². The molecule has 114 valence electrons. The third kappa shape index (κ3) is 2.00. The van der Waals surface area contributed by atoms with E-state index < -0.39 is 0 Å². The predicted molar refractivity (Wildman–Crippen MR) is 99.8 cm³/mol. The summed E-state index contributed by atoms with van der Waals surface area (Å²) >= 11 is 1.79. The van der Waals surface area contributed by atoms with Crippen molar-refractivity contribution in [1.82, 2.24) is 9.65 Å². The number of aromatic nitrogens is 1. The molecular weight excluding hydrogens is 312 g/mol. The van der Waals surface area contributed by atoms with Crippen LogP contribution in [-0.4, -0.2) is 6.21 Å². The van der Waals surface area contributed by atoms with E-state index in [0.29, 0.717) is 0 Å². The second-order valence-corrected chi connectivity index (χ2v) is 6.89. The number of hydrogen-bond donors (Lipinski definition) is 0. The fourth-order valence-corrected chi connectivity index (χ4v) is 4.33. The number of thiophene rings is 1. The lowest BCUT2D eigenvalue weighted by Gasteiger charge is -2.15. The molecule has 0 amide bonds. The Labute approximate surface area is 143 Å². The van der Waals surface area contributed by atoms with Crippen molar-refractivity contribution in [2.45, 2.75) is 5.92 Å². The van der Waals surface area contributed by atoms with E-state index in [9.17, 15) is 0 Å². The van der Waals surface area contributed by atoms with Crippen LogP contribution < -0.4 is 20.2 Å². The lowest BCUT2D eigenvalue weighted by Crippen LogP contribution is -2.26. The molecule has 2 aromatic heterocycles. The van der Waals surface area contributed by atoms with Crippen LogP contribution in [0.4, 0.5) is 0 Å². The van der Waals surface area contributed by atoms with Crippen molar-refractivity contribution in [2.75, 3.05) is 0 Å². The molecule has 1 unspecified atom stereocenters. The van der Waals surface area contributed by atoms with Gasteiger partial charge in [0.1, 0.15) is 0 Å². The topological polar surface area (TPSA) is 28.2 Å². The fraction of sp³-hybridized carbons (Fsp3) is 0.0476. The van der Waals surface area contributed by atoms with Gasteiger partial charge >= 0.3 is 5.36 Å². The zero-order valence-corrected chi connectivity index (χ0v) is 13.7. The molecule has 3 heteroatoms. The Kier molecular flexibility index (Phi) is 3.02. The second-order valence-electron chi connectivity index (χ2n) is 5.91. The number of benzene rings is 2. The molecule has 0 spiro atoms. The van der Waals surface area contributed by atoms with Gasteiger partial charge in [0.05, 0.1) is 16.7 Å². The van der Waals surface area contributed by atoms with E-state index in [1.54, 1.807) is 11.3 Å². The van der Waals surface area contributed by atoms with Gasteiger partial charge in [0.25, 0.3) is 6.21 Å². The predicted octanol–water partition coefficient (Wildman–Crippen LogP) is 2.61. The minimum Gasteiger partial charge on any atom is -0.663 e. The van der Waals surface area contributed by atoms with Gasteiger partial charge < -0.3 is 4.98 Å². The van der Waals surface area contributed by atoms with Gasteiger partial charge in [0.2, 0.25) is 0 Å². The maximum Gasteiger partial charge on any atom is 0.334 e. The Bertz CT molecular complexity index is 1190. The molecule has 0 aliphatic carbocycles. The van der Waals surface area contributed by atoms with Gasteiger partial charge in [-0.25, -0.2) is 0 Å². The van der Waals surface area contributed by atoms with Crippen LogP contribution in [0.5, 0.6) is 0 Å². The van der Waals surface area contributed by atoms with E-state index in [0.717, 1.165) is 10.9 Å². The van der Waals surface area contributed by atoms with Crippen LogP contribution in [0.15, 0.2) is 72.2 Å². The SMILES string of the molecule is C1=[N+]=c2ccccc2=C1C(c1cccs1)c1c[n-]c2ccccc12. The van der Waals surface area contributed by atoms with Gasteiger partial charge in [-0.2, -0.15) is 6.20 Å². The number of fused-ring (bicyclic) bond motifs is 2. The zero-order valence-electron chi connectivity index (χ0n) is 12.9. The van der Waals surface area contributed by atoms with E-state index in [-0.39, 0.29) is 5.92 Å². The average molecular weight is 326 g/mol. The highest BCUT2D eigenvalue weighted by Crippen LogP contribution is 2.37. The summed E-state index contributed by atoms with van der Waals surface area (Å²) in [5.74, 6) is 0.171. The molecule has 1 atom stereocenters. The van der Waals surface area contributed by atoms with Crippen molar-refractivity contribution in [3.8, 4) is 0 Å². The van der Waals surface area contributed by atoms with Gasteiger partial charge in [-0.15, -0.1) is 16.9 Å². The monoisotopic (exact) mass is 326 g/mol. The van der Waals surface area contributed by atoms with Gasteiger partial charge in [-0.1, -0.05) is 52.7 Å². The van der Waals surface area contributed by atoms with Crippen molar-refractivity contribution in [3.63, 3.8) is 0 Å². The lowest BCUT2D eigenvalue weighted by molar-refractivity contribution is 1.11. The summed E-state index contributed by atoms with van der Waals surface area (Å²) in [5, 5.41) is 5.64. The Morgan fingerprint density at radius 2 is 1.79 bits per heavy atom. The molecule has 3 heterocycles. The van der Waals surface area contributed by atoms with Crippen molar-refractivity contribution < 1.29 is 0 Å². The summed E-state index contributed by atoms with van der Waals surface area (Å²) in [5.41, 5.74) is 3.57. The highest BCUT2D eigenvalue weighted by atomic mass is 32.1. The molecule has 2 aromatic carbocycles. The molecule has 24 heavy (non-hydrogen) atoms. The van der Waals surface area contributed by atoms with Crippen LogP contribution in [0.1, 0.15) is 16.4 Å². The first kappa shape index (κ1) is 13.6. The van der Waals surface area contributed by atoms with E-state index in [4.69, 9.17) is 0 Å². The highest BCUT2D eigenvalue weighted by Gasteiger charge is 2.26. The molecule has 1 aliphatic heterocycles. The summed E-state index contributed by atoms with van der Waals surface area (Å²) < 4.78 is 4.62. The summed E-state index contributed by atoms with van der Waals surface area (Å²) in [7, 11) is 0. The van der Waals surface area contributed by atoms with E-state index in [1.807, 2.05) is 24.5 Å². The van der Waals surface area contributed by atoms with Crippen LogP contribution >= 0.6 is 11.3 Å². The first-order valence-corrected chi connectivity index (χ1v) is 8.84. The maximum atomic E-state index is 4.62. The minimum absolute atomic E-state index is 0.171. The molecule has 0 saturated heterocycles. The molecule has 0 fully saturated rings. The molecule has 4 aromatic rings. The molecule has 0 saturated carbocycles. The number of rotatable bonds is 3. The first-order chi connectivity index (χ1) is 11.9. The third-order valence-electron chi connectivity index (χ3n) is 4.57. The van der Waals surface area contributed by atoms with Gasteiger partial charge in [-0.3, -0.25) is 0 Å². The standard InChI is InChI=1S/C21H14N2S/c1-3-8-18-14(6-1)16(12-22-18)21(20-10-5-11-24-20)17-13-23-19-9-4-2-7-15(17)19/h1-13,21H. The Hall–Kier alpha value is -2.87. The third-order valence-corrected chi connectivity index (χ3v) is 5.50. The molecule has 0 bridgehead atoms. The van der Waals surface area contributed by atoms with Gasteiger partial charge in [-0.05, 0) is 22.9 Å². The van der Waals surface area contributed by atoms with Crippen LogP contribution in [-0.2, 0) is 0 Å². The summed E-state index contributed by atoms with van der Waals surface area (Å²) in [6.45, 7) is 0. The number of hydrogen-bond acceptors (Lipinski definition) is 1. The molecular formula is C21H14N2S. The summed E-state index contributed by atoms with van der Waals surface area (Å²) in [6.07, 6.45) is 4.05. The smallest absolute Gasteiger partial charge is 0.334 e. The highest BCUT2D eigenvalue weighted by molar-refractivity contribution is 7.10.